The molecule has 0 aliphatic rings. The zero-order valence-electron chi connectivity index (χ0n) is 15.1. The highest BCUT2D eigenvalue weighted by Crippen LogP contribution is 2.13. The van der Waals surface area contributed by atoms with Crippen LogP contribution in [0, 0.1) is 19.7 Å². The lowest BCUT2D eigenvalue weighted by atomic mass is 10.2. The van der Waals surface area contributed by atoms with E-state index in [4.69, 9.17) is 0 Å². The maximum Gasteiger partial charge on any atom is 0.275 e. The van der Waals surface area contributed by atoms with Gasteiger partial charge in [0, 0.05) is 31.0 Å². The Morgan fingerprint density at radius 2 is 2.04 bits per heavy atom. The molecular formula is C19H20FN5O2. The van der Waals surface area contributed by atoms with E-state index in [1.54, 1.807) is 29.9 Å². The number of halogens is 1. The minimum atomic E-state index is -0.582. The third kappa shape index (κ3) is 4.28. The van der Waals surface area contributed by atoms with E-state index in [2.05, 4.69) is 15.5 Å². The summed E-state index contributed by atoms with van der Waals surface area (Å²) in [6.45, 7) is 4.60. The fraction of sp³-hybridized carbons (Fsp3) is 0.263. The number of hydrogen-bond acceptors (Lipinski definition) is 4. The lowest BCUT2D eigenvalue weighted by molar-refractivity contribution is 0.0944. The van der Waals surface area contributed by atoms with Crippen LogP contribution in [0.4, 0.5) is 4.39 Å². The largest absolute Gasteiger partial charge is 0.350 e. The molecule has 0 fully saturated rings. The Labute approximate surface area is 155 Å². The molecule has 3 aromatic rings. The van der Waals surface area contributed by atoms with Crippen LogP contribution >= 0.6 is 0 Å². The van der Waals surface area contributed by atoms with Crippen molar-refractivity contribution in [2.75, 3.05) is 6.54 Å². The summed E-state index contributed by atoms with van der Waals surface area (Å²) in [6, 6.07) is 7.33. The highest BCUT2D eigenvalue weighted by atomic mass is 19.1. The van der Waals surface area contributed by atoms with E-state index in [1.807, 2.05) is 13.1 Å². The lowest BCUT2D eigenvalue weighted by Gasteiger charge is -2.12. The van der Waals surface area contributed by atoms with E-state index in [1.165, 1.54) is 22.9 Å². The fourth-order valence-electron chi connectivity index (χ4n) is 2.69. The molecule has 1 amide bonds. The molecule has 1 N–H and O–H groups in total. The monoisotopic (exact) mass is 369 g/mol. The Balaban J connectivity index is 1.72. The van der Waals surface area contributed by atoms with Gasteiger partial charge < -0.3 is 5.32 Å². The van der Waals surface area contributed by atoms with Gasteiger partial charge in [0.25, 0.3) is 5.91 Å². The molecule has 0 saturated heterocycles. The smallest absolute Gasteiger partial charge is 0.275 e. The minimum absolute atomic E-state index is 0.179. The molecule has 0 radical (unpaired) electrons. The molecule has 3 rings (SSSR count). The number of carbonyl (C=O) groups excluding carboxylic acids is 1. The third-order valence-corrected chi connectivity index (χ3v) is 4.02. The number of carbonyl (C=O) groups is 1. The van der Waals surface area contributed by atoms with E-state index in [-0.39, 0.29) is 11.4 Å². The first-order chi connectivity index (χ1) is 13.0. The molecule has 8 heteroatoms. The number of benzene rings is 1. The van der Waals surface area contributed by atoms with Crippen LogP contribution in [-0.4, -0.2) is 32.0 Å². The van der Waals surface area contributed by atoms with Gasteiger partial charge in [-0.25, -0.2) is 9.07 Å². The quantitative estimate of drug-likeness (QED) is 0.674. The molecular weight excluding hydrogens is 349 g/mol. The minimum Gasteiger partial charge on any atom is -0.350 e. The predicted molar refractivity (Wildman–Crippen MR) is 98.4 cm³/mol. The number of nitrogens with zero attached hydrogens (tertiary/aromatic N) is 4. The van der Waals surface area contributed by atoms with Gasteiger partial charge >= 0.3 is 0 Å². The molecule has 0 atom stereocenters. The van der Waals surface area contributed by atoms with Crippen LogP contribution < -0.4 is 10.7 Å². The van der Waals surface area contributed by atoms with Crippen molar-refractivity contribution in [3.05, 3.63) is 75.7 Å². The van der Waals surface area contributed by atoms with Gasteiger partial charge in [0.05, 0.1) is 6.20 Å². The highest BCUT2D eigenvalue weighted by molar-refractivity contribution is 5.92. The number of aryl methyl sites for hydroxylation is 3. The molecule has 0 saturated carbocycles. The number of para-hydroxylation sites is 1. The van der Waals surface area contributed by atoms with Gasteiger partial charge in [-0.05, 0) is 38.0 Å². The second-order valence-corrected chi connectivity index (χ2v) is 6.25. The second kappa shape index (κ2) is 7.94. The molecule has 1 aromatic carbocycles. The Bertz CT molecular complexity index is 1020. The lowest BCUT2D eigenvalue weighted by Crippen LogP contribution is -2.33. The second-order valence-electron chi connectivity index (χ2n) is 6.25. The molecule has 140 valence electrons. The highest BCUT2D eigenvalue weighted by Gasteiger charge is 2.16. The number of nitrogens with one attached hydrogen (secondary N) is 1. The number of rotatable bonds is 6. The topological polar surface area (TPSA) is 81.8 Å². The van der Waals surface area contributed by atoms with Crippen molar-refractivity contribution < 1.29 is 9.18 Å². The number of amides is 1. The Morgan fingerprint density at radius 3 is 2.74 bits per heavy atom. The first-order valence-electron chi connectivity index (χ1n) is 8.59. The molecule has 0 spiro atoms. The summed E-state index contributed by atoms with van der Waals surface area (Å²) in [5.74, 6) is -1.07. The van der Waals surface area contributed by atoms with Crippen LogP contribution in [0.3, 0.4) is 0 Å². The zero-order valence-corrected chi connectivity index (χ0v) is 15.1. The summed E-state index contributed by atoms with van der Waals surface area (Å²) in [7, 11) is 0. The molecule has 7 nitrogen and oxygen atoms in total. The average molecular weight is 369 g/mol. The number of hydrogen-bond donors (Lipinski definition) is 1. The van der Waals surface area contributed by atoms with Crippen LogP contribution in [0.15, 0.2) is 47.5 Å². The molecule has 0 aliphatic carbocycles. The first-order valence-corrected chi connectivity index (χ1v) is 8.59. The van der Waals surface area contributed by atoms with Gasteiger partial charge in [0.1, 0.15) is 11.5 Å². The summed E-state index contributed by atoms with van der Waals surface area (Å²) in [6.07, 6.45) is 4.33. The van der Waals surface area contributed by atoms with Crippen LogP contribution in [0.2, 0.25) is 0 Å². The molecule has 2 aromatic heterocycles. The Hall–Kier alpha value is -3.29. The van der Waals surface area contributed by atoms with Crippen LogP contribution in [0.1, 0.15) is 28.2 Å². The van der Waals surface area contributed by atoms with Crippen LogP contribution in [0.5, 0.6) is 0 Å². The Kier molecular flexibility index (Phi) is 5.44. The molecule has 0 bridgehead atoms. The number of aromatic nitrogens is 4. The van der Waals surface area contributed by atoms with Gasteiger partial charge in [-0.1, -0.05) is 12.1 Å². The van der Waals surface area contributed by atoms with Gasteiger partial charge in [-0.15, -0.1) is 0 Å². The molecule has 27 heavy (non-hydrogen) atoms. The van der Waals surface area contributed by atoms with Crippen molar-refractivity contribution in [2.24, 2.45) is 0 Å². The predicted octanol–water partition coefficient (Wildman–Crippen LogP) is 2.01. The normalized spacial score (nSPS) is 10.8. The summed E-state index contributed by atoms with van der Waals surface area (Å²) >= 11 is 0. The maximum atomic E-state index is 14.1. The summed E-state index contributed by atoms with van der Waals surface area (Å²) in [5, 5.41) is 10.9. The van der Waals surface area contributed by atoms with Gasteiger partial charge in [0.15, 0.2) is 5.69 Å². The van der Waals surface area contributed by atoms with E-state index in [0.717, 1.165) is 5.56 Å². The fourth-order valence-corrected chi connectivity index (χ4v) is 2.69. The van der Waals surface area contributed by atoms with E-state index in [0.29, 0.717) is 25.2 Å². The van der Waals surface area contributed by atoms with Crippen molar-refractivity contribution in [2.45, 2.75) is 26.8 Å². The van der Waals surface area contributed by atoms with Gasteiger partial charge in [-0.3, -0.25) is 14.3 Å². The zero-order chi connectivity index (χ0) is 19.4. The van der Waals surface area contributed by atoms with Crippen molar-refractivity contribution in [1.82, 2.24) is 24.9 Å². The van der Waals surface area contributed by atoms with E-state index < -0.39 is 17.2 Å². The summed E-state index contributed by atoms with van der Waals surface area (Å²) in [5.41, 5.74) is 0.921. The van der Waals surface area contributed by atoms with Crippen LogP contribution in [-0.2, 0) is 6.54 Å². The maximum absolute atomic E-state index is 14.1. The van der Waals surface area contributed by atoms with Gasteiger partial charge in [-0.2, -0.15) is 10.2 Å². The molecule has 2 heterocycles. The Morgan fingerprint density at radius 1 is 1.26 bits per heavy atom. The van der Waals surface area contributed by atoms with E-state index >= 15 is 0 Å². The van der Waals surface area contributed by atoms with Crippen LogP contribution in [0.25, 0.3) is 5.69 Å². The standard InChI is InChI=1S/C19H20FN5O2/c1-13-11-22-24(12-13)9-5-8-21-19(27)18-17(26)10-14(2)25(23-18)16-7-4-3-6-15(16)20/h3-4,6-7,10-12H,5,8-9H2,1-2H3,(H,21,27). The van der Waals surface area contributed by atoms with Crippen molar-refractivity contribution in [3.8, 4) is 5.69 Å². The molecule has 0 aliphatic heterocycles. The molecule has 0 unspecified atom stereocenters. The average Bonchev–Trinajstić information content (AvgIpc) is 3.05. The third-order valence-electron chi connectivity index (χ3n) is 4.02. The summed E-state index contributed by atoms with van der Waals surface area (Å²) in [4.78, 5) is 24.5. The van der Waals surface area contributed by atoms with Crippen molar-refractivity contribution in [1.29, 1.82) is 0 Å². The van der Waals surface area contributed by atoms with E-state index in [9.17, 15) is 14.0 Å². The van der Waals surface area contributed by atoms with Crippen molar-refractivity contribution >= 4 is 5.91 Å². The first kappa shape index (κ1) is 18.5. The summed E-state index contributed by atoms with van der Waals surface area (Å²) < 4.78 is 17.1. The SMILES string of the molecule is Cc1cnn(CCCNC(=O)c2nn(-c3ccccc3F)c(C)cc2=O)c1. The van der Waals surface area contributed by atoms with Gasteiger partial charge in [0.2, 0.25) is 5.43 Å². The van der Waals surface area contributed by atoms with Crippen molar-refractivity contribution in [3.63, 3.8) is 0 Å².